The van der Waals surface area contributed by atoms with E-state index in [0.29, 0.717) is 16.3 Å². The molecule has 5 nitrogen and oxygen atoms in total. The number of benzene rings is 1. The van der Waals surface area contributed by atoms with Gasteiger partial charge < -0.3 is 10.1 Å². The molecule has 0 saturated heterocycles. The van der Waals surface area contributed by atoms with Gasteiger partial charge in [0.15, 0.2) is 0 Å². The molecular weight excluding hydrogens is 332 g/mol. The predicted molar refractivity (Wildman–Crippen MR) is 91.3 cm³/mol. The lowest BCUT2D eigenvalue weighted by Gasteiger charge is -2.08. The van der Waals surface area contributed by atoms with E-state index >= 15 is 0 Å². The van der Waals surface area contributed by atoms with Gasteiger partial charge in [0.1, 0.15) is 17.4 Å². The third-order valence-corrected chi connectivity index (χ3v) is 4.22. The van der Waals surface area contributed by atoms with Crippen molar-refractivity contribution in [2.24, 2.45) is 0 Å². The van der Waals surface area contributed by atoms with E-state index < -0.39 is 0 Å². The molecule has 0 bridgehead atoms. The van der Waals surface area contributed by atoms with Gasteiger partial charge in [-0.25, -0.2) is 9.97 Å². The van der Waals surface area contributed by atoms with Gasteiger partial charge in [0.25, 0.3) is 0 Å². The highest BCUT2D eigenvalue weighted by molar-refractivity contribution is 8.06. The molecule has 114 valence electrons. The maximum absolute atomic E-state index is 9.46. The zero-order valence-corrected chi connectivity index (χ0v) is 13.6. The lowest BCUT2D eigenvalue weighted by molar-refractivity contribution is 0.414. The quantitative estimate of drug-likeness (QED) is 0.678. The van der Waals surface area contributed by atoms with Crippen LogP contribution in [0.1, 0.15) is 11.3 Å². The molecule has 1 aromatic carbocycles. The number of methoxy groups -OCH3 is 1. The molecule has 0 spiro atoms. The Balaban J connectivity index is 1.91. The van der Waals surface area contributed by atoms with Crippen LogP contribution < -0.4 is 10.1 Å². The van der Waals surface area contributed by atoms with Crippen molar-refractivity contribution in [1.29, 1.82) is 5.26 Å². The number of thioether (sulfide) groups is 1. The normalized spacial score (nSPS) is 15.4. The van der Waals surface area contributed by atoms with Crippen LogP contribution >= 0.6 is 23.4 Å². The molecule has 1 aliphatic heterocycles. The Labute approximate surface area is 142 Å². The fraction of sp³-hybridized carbons (Fsp3) is 0.0625. The van der Waals surface area contributed by atoms with Gasteiger partial charge >= 0.3 is 0 Å². The average Bonchev–Trinajstić information content (AvgIpc) is 3.05. The summed E-state index contributed by atoms with van der Waals surface area (Å²) in [7, 11) is 1.63. The number of aromatic nitrogens is 2. The smallest absolute Gasteiger partial charge is 0.222 e. The number of allylic oxidation sites excluding steroid dienone is 1. The number of nitrogens with zero attached hydrogens (tertiary/aromatic N) is 3. The summed E-state index contributed by atoms with van der Waals surface area (Å²) < 4.78 is 5.23. The summed E-state index contributed by atoms with van der Waals surface area (Å²) in [6.45, 7) is 0. The predicted octanol–water partition coefficient (Wildman–Crippen LogP) is 3.67. The SMILES string of the molecule is COc1cccc(C2=CSC(=C(C#N)c3ccnc(Cl)n3)N2)c1. The van der Waals surface area contributed by atoms with Crippen LogP contribution in [0, 0.1) is 11.3 Å². The van der Waals surface area contributed by atoms with Crippen LogP contribution in [0.2, 0.25) is 5.28 Å². The summed E-state index contributed by atoms with van der Waals surface area (Å²) in [5.41, 5.74) is 2.79. The van der Waals surface area contributed by atoms with E-state index in [1.54, 1.807) is 13.2 Å². The molecule has 1 N–H and O–H groups in total. The minimum absolute atomic E-state index is 0.111. The molecule has 0 atom stereocenters. The van der Waals surface area contributed by atoms with Crippen molar-refractivity contribution in [3.8, 4) is 11.8 Å². The molecular formula is C16H11ClN4OS. The molecule has 0 fully saturated rings. The zero-order chi connectivity index (χ0) is 16.2. The van der Waals surface area contributed by atoms with E-state index in [9.17, 15) is 5.26 Å². The molecule has 0 aliphatic carbocycles. The largest absolute Gasteiger partial charge is 0.497 e. The molecule has 0 saturated carbocycles. The summed E-state index contributed by atoms with van der Waals surface area (Å²) in [6, 6.07) is 11.5. The summed E-state index contributed by atoms with van der Waals surface area (Å²) >= 11 is 7.23. The van der Waals surface area contributed by atoms with Gasteiger partial charge in [0, 0.05) is 17.2 Å². The van der Waals surface area contributed by atoms with E-state index in [4.69, 9.17) is 16.3 Å². The lowest BCUT2D eigenvalue weighted by Crippen LogP contribution is -2.07. The number of nitrogens with one attached hydrogen (secondary N) is 1. The number of ether oxygens (including phenoxy) is 1. The van der Waals surface area contributed by atoms with Crippen molar-refractivity contribution in [3.63, 3.8) is 0 Å². The van der Waals surface area contributed by atoms with Crippen LogP contribution in [0.5, 0.6) is 5.75 Å². The van der Waals surface area contributed by atoms with Crippen LogP contribution in [0.3, 0.4) is 0 Å². The molecule has 1 aromatic heterocycles. The van der Waals surface area contributed by atoms with Gasteiger partial charge in [0.05, 0.1) is 23.5 Å². The van der Waals surface area contributed by atoms with Crippen molar-refractivity contribution in [3.05, 3.63) is 63.5 Å². The highest BCUT2D eigenvalue weighted by atomic mass is 35.5. The standard InChI is InChI=1S/C16H11ClN4OS/c1-22-11-4-2-3-10(7-11)14-9-23-15(20-14)12(8-18)13-5-6-19-16(17)21-13/h2-7,9,20H,1H3. The zero-order valence-electron chi connectivity index (χ0n) is 12.1. The molecule has 3 rings (SSSR count). The highest BCUT2D eigenvalue weighted by Crippen LogP contribution is 2.35. The monoisotopic (exact) mass is 342 g/mol. The first-order valence-electron chi connectivity index (χ1n) is 6.63. The van der Waals surface area contributed by atoms with Gasteiger partial charge in [-0.05, 0) is 29.8 Å². The van der Waals surface area contributed by atoms with E-state index in [-0.39, 0.29) is 5.28 Å². The Bertz CT molecular complexity index is 857. The van der Waals surface area contributed by atoms with Crippen LogP contribution in [0.15, 0.2) is 47.0 Å². The van der Waals surface area contributed by atoms with E-state index in [0.717, 1.165) is 17.0 Å². The summed E-state index contributed by atoms with van der Waals surface area (Å²) in [6.07, 6.45) is 1.53. The Kier molecular flexibility index (Phi) is 4.51. The fourth-order valence-electron chi connectivity index (χ4n) is 2.05. The summed E-state index contributed by atoms with van der Waals surface area (Å²) in [5.74, 6) is 0.774. The minimum Gasteiger partial charge on any atom is -0.497 e. The number of hydrogen-bond acceptors (Lipinski definition) is 6. The first-order chi connectivity index (χ1) is 11.2. The molecule has 2 heterocycles. The molecule has 1 aliphatic rings. The third kappa shape index (κ3) is 3.31. The number of rotatable bonds is 3. The maximum atomic E-state index is 9.46. The Morgan fingerprint density at radius 2 is 2.26 bits per heavy atom. The van der Waals surface area contributed by atoms with Crippen molar-refractivity contribution in [2.45, 2.75) is 0 Å². The van der Waals surface area contributed by atoms with Crippen molar-refractivity contribution in [1.82, 2.24) is 15.3 Å². The summed E-state index contributed by atoms with van der Waals surface area (Å²) in [5, 5.41) is 15.5. The molecule has 0 unspecified atom stereocenters. The van der Waals surface area contributed by atoms with Crippen LogP contribution in [0.25, 0.3) is 11.3 Å². The minimum atomic E-state index is 0.111. The van der Waals surface area contributed by atoms with Gasteiger partial charge in [-0.1, -0.05) is 23.9 Å². The molecule has 23 heavy (non-hydrogen) atoms. The highest BCUT2D eigenvalue weighted by Gasteiger charge is 2.18. The Hall–Kier alpha value is -2.49. The van der Waals surface area contributed by atoms with E-state index in [2.05, 4.69) is 21.4 Å². The van der Waals surface area contributed by atoms with Crippen molar-refractivity contribution >= 4 is 34.6 Å². The van der Waals surface area contributed by atoms with Crippen molar-refractivity contribution < 1.29 is 4.74 Å². The molecule has 7 heteroatoms. The van der Waals surface area contributed by atoms with E-state index in [1.807, 2.05) is 29.7 Å². The molecule has 0 radical (unpaired) electrons. The van der Waals surface area contributed by atoms with Crippen LogP contribution in [-0.2, 0) is 0 Å². The van der Waals surface area contributed by atoms with Gasteiger partial charge in [-0.2, -0.15) is 5.26 Å². The third-order valence-electron chi connectivity index (χ3n) is 3.14. The Morgan fingerprint density at radius 3 is 3.00 bits per heavy atom. The first-order valence-corrected chi connectivity index (χ1v) is 7.88. The maximum Gasteiger partial charge on any atom is 0.222 e. The molecule has 0 amide bonds. The summed E-state index contributed by atoms with van der Waals surface area (Å²) in [4.78, 5) is 7.92. The van der Waals surface area contributed by atoms with Gasteiger partial charge in [0.2, 0.25) is 5.28 Å². The van der Waals surface area contributed by atoms with Crippen molar-refractivity contribution in [2.75, 3.05) is 7.11 Å². The number of nitriles is 1. The van der Waals surface area contributed by atoms with Gasteiger partial charge in [-0.3, -0.25) is 0 Å². The topological polar surface area (TPSA) is 70.8 Å². The van der Waals surface area contributed by atoms with Gasteiger partial charge in [-0.15, -0.1) is 0 Å². The first kappa shape index (κ1) is 15.4. The van der Waals surface area contributed by atoms with Crippen LogP contribution in [0.4, 0.5) is 0 Å². The average molecular weight is 343 g/mol. The second kappa shape index (κ2) is 6.73. The Morgan fingerprint density at radius 1 is 1.39 bits per heavy atom. The lowest BCUT2D eigenvalue weighted by atomic mass is 10.1. The molecule has 2 aromatic rings. The number of hydrogen-bond donors (Lipinski definition) is 1. The second-order valence-electron chi connectivity index (χ2n) is 4.53. The van der Waals surface area contributed by atoms with Crippen LogP contribution in [-0.4, -0.2) is 17.1 Å². The van der Waals surface area contributed by atoms with E-state index in [1.165, 1.54) is 18.0 Å². The number of halogens is 1. The second-order valence-corrected chi connectivity index (χ2v) is 5.75. The fourth-order valence-corrected chi connectivity index (χ4v) is 3.06.